The van der Waals surface area contributed by atoms with E-state index in [2.05, 4.69) is 20.8 Å². The largest absolute Gasteiger partial charge is 0.456 e. The van der Waals surface area contributed by atoms with E-state index in [1.807, 2.05) is 18.2 Å². The molecule has 1 aliphatic heterocycles. The maximum absolute atomic E-state index is 12.3. The Labute approximate surface area is 128 Å². The van der Waals surface area contributed by atoms with Crippen molar-refractivity contribution in [1.82, 2.24) is 0 Å². The van der Waals surface area contributed by atoms with Gasteiger partial charge in [0.05, 0.1) is 26.0 Å². The predicted molar refractivity (Wildman–Crippen MR) is 87.2 cm³/mol. The third-order valence-corrected chi connectivity index (χ3v) is 11.0. The van der Waals surface area contributed by atoms with Crippen molar-refractivity contribution in [1.29, 1.82) is 0 Å². The third kappa shape index (κ3) is 3.38. The summed E-state index contributed by atoms with van der Waals surface area (Å²) in [5.41, 5.74) is 0.782. The van der Waals surface area contributed by atoms with E-state index in [0.29, 0.717) is 12.2 Å². The average Bonchev–Trinajstić information content (AvgIpc) is 2.99. The minimum Gasteiger partial charge on any atom is -0.456 e. The fourth-order valence-electron chi connectivity index (χ4n) is 3.40. The monoisotopic (exact) mass is 306 g/mol. The number of benzene rings is 1. The van der Waals surface area contributed by atoms with Crippen LogP contribution in [-0.2, 0) is 9.47 Å². The molecule has 2 rings (SSSR count). The molecule has 0 unspecified atom stereocenters. The van der Waals surface area contributed by atoms with Crippen LogP contribution in [0.4, 0.5) is 0 Å². The smallest absolute Gasteiger partial charge is 0.338 e. The molecule has 0 amide bonds. The lowest BCUT2D eigenvalue weighted by Crippen LogP contribution is -2.51. The van der Waals surface area contributed by atoms with E-state index in [4.69, 9.17) is 9.47 Å². The Morgan fingerprint density at radius 1 is 1.19 bits per heavy atom. The summed E-state index contributed by atoms with van der Waals surface area (Å²) in [5, 5.41) is 0. The summed E-state index contributed by atoms with van der Waals surface area (Å²) in [4.78, 5) is 12.3. The van der Waals surface area contributed by atoms with Gasteiger partial charge in [-0.25, -0.2) is 4.79 Å². The second kappa shape index (κ2) is 7.23. The molecule has 4 heteroatoms. The summed E-state index contributed by atoms with van der Waals surface area (Å²) in [6, 6.07) is 12.8. The van der Waals surface area contributed by atoms with E-state index >= 15 is 0 Å². The Hall–Kier alpha value is -1.13. The van der Waals surface area contributed by atoms with E-state index in [1.165, 1.54) is 18.1 Å². The molecule has 0 aliphatic carbocycles. The molecular formula is C17H26O3Si. The second-order valence-electron chi connectivity index (χ2n) is 5.81. The van der Waals surface area contributed by atoms with Crippen LogP contribution in [0.3, 0.4) is 0 Å². The fourth-order valence-corrected chi connectivity index (χ4v) is 7.60. The molecule has 1 aromatic rings. The number of hydrogen-bond donors (Lipinski definition) is 0. The average molecular weight is 306 g/mol. The Balaban J connectivity index is 2.10. The van der Waals surface area contributed by atoms with Gasteiger partial charge in [-0.2, -0.15) is 0 Å². The molecule has 0 bridgehead atoms. The molecule has 0 aromatic heterocycles. The van der Waals surface area contributed by atoms with Crippen molar-refractivity contribution >= 4 is 14.0 Å². The molecule has 116 valence electrons. The van der Waals surface area contributed by atoms with Crippen molar-refractivity contribution in [2.45, 2.75) is 57.2 Å². The Morgan fingerprint density at radius 3 is 2.38 bits per heavy atom. The Morgan fingerprint density at radius 2 is 1.81 bits per heavy atom. The lowest BCUT2D eigenvalue weighted by Gasteiger charge is -2.36. The van der Waals surface area contributed by atoms with Crippen molar-refractivity contribution in [3.8, 4) is 0 Å². The van der Waals surface area contributed by atoms with Crippen LogP contribution in [0.2, 0.25) is 18.1 Å². The molecule has 0 spiro atoms. The van der Waals surface area contributed by atoms with E-state index in [1.54, 1.807) is 12.1 Å². The fraction of sp³-hybridized carbons (Fsp3) is 0.588. The van der Waals surface area contributed by atoms with Crippen molar-refractivity contribution < 1.29 is 14.3 Å². The summed E-state index contributed by atoms with van der Waals surface area (Å²) in [6.07, 6.45) is 0.766. The van der Waals surface area contributed by atoms with Gasteiger partial charge in [0.1, 0.15) is 6.10 Å². The SMILES string of the molecule is CC[Si](CC)(CC)[C@@H]1OCC[C@H]1OC(=O)c1ccccc1. The van der Waals surface area contributed by atoms with Gasteiger partial charge in [0, 0.05) is 6.42 Å². The zero-order valence-corrected chi connectivity index (χ0v) is 14.3. The maximum Gasteiger partial charge on any atom is 0.338 e. The first kappa shape index (κ1) is 16.2. The van der Waals surface area contributed by atoms with Crippen LogP contribution in [0.1, 0.15) is 37.6 Å². The molecule has 1 saturated heterocycles. The van der Waals surface area contributed by atoms with Crippen LogP contribution in [0.15, 0.2) is 30.3 Å². The predicted octanol–water partition coefficient (Wildman–Crippen LogP) is 4.05. The van der Waals surface area contributed by atoms with Crippen LogP contribution in [0.25, 0.3) is 0 Å². The van der Waals surface area contributed by atoms with Crippen molar-refractivity contribution in [2.75, 3.05) is 6.61 Å². The molecule has 0 N–H and O–H groups in total. The summed E-state index contributed by atoms with van der Waals surface area (Å²) < 4.78 is 11.8. The molecule has 1 aromatic carbocycles. The molecule has 3 nitrogen and oxygen atoms in total. The molecule has 21 heavy (non-hydrogen) atoms. The zero-order chi connectivity index (χ0) is 15.3. The topological polar surface area (TPSA) is 35.5 Å². The first-order chi connectivity index (χ1) is 10.2. The van der Waals surface area contributed by atoms with Gasteiger partial charge in [-0.15, -0.1) is 0 Å². The number of carbonyl (C=O) groups is 1. The van der Waals surface area contributed by atoms with Crippen molar-refractivity contribution in [2.24, 2.45) is 0 Å². The van der Waals surface area contributed by atoms with Crippen molar-refractivity contribution in [3.05, 3.63) is 35.9 Å². The summed E-state index contributed by atoms with van der Waals surface area (Å²) in [6.45, 7) is 7.50. The summed E-state index contributed by atoms with van der Waals surface area (Å²) in [5.74, 6) is -0.220. The molecule has 0 saturated carbocycles. The normalized spacial score (nSPS) is 22.2. The standard InChI is InChI=1S/C17H26O3Si/c1-4-21(5-2,6-3)17-15(12-13-19-17)20-16(18)14-10-8-7-9-11-14/h7-11,15,17H,4-6,12-13H2,1-3H3/t15-,17+/m1/s1. The highest BCUT2D eigenvalue weighted by atomic mass is 28.3. The Bertz CT molecular complexity index is 448. The highest BCUT2D eigenvalue weighted by molar-refractivity contribution is 6.81. The number of hydrogen-bond acceptors (Lipinski definition) is 3. The van der Waals surface area contributed by atoms with Crippen LogP contribution < -0.4 is 0 Å². The third-order valence-electron chi connectivity index (χ3n) is 5.02. The second-order valence-corrected chi connectivity index (χ2v) is 11.2. The lowest BCUT2D eigenvalue weighted by atomic mass is 10.2. The lowest BCUT2D eigenvalue weighted by molar-refractivity contribution is 0.0177. The van der Waals surface area contributed by atoms with E-state index in [-0.39, 0.29) is 17.8 Å². The minimum atomic E-state index is -1.51. The first-order valence-electron chi connectivity index (χ1n) is 8.04. The van der Waals surface area contributed by atoms with E-state index < -0.39 is 8.07 Å². The van der Waals surface area contributed by atoms with E-state index in [0.717, 1.165) is 6.42 Å². The van der Waals surface area contributed by atoms with Gasteiger partial charge in [0.15, 0.2) is 0 Å². The van der Waals surface area contributed by atoms with Gasteiger partial charge in [-0.3, -0.25) is 0 Å². The van der Waals surface area contributed by atoms with Gasteiger partial charge in [-0.1, -0.05) is 57.1 Å². The summed E-state index contributed by atoms with van der Waals surface area (Å²) in [7, 11) is -1.51. The molecular weight excluding hydrogens is 280 g/mol. The first-order valence-corrected chi connectivity index (χ1v) is 10.7. The van der Waals surface area contributed by atoms with Crippen LogP contribution in [0.5, 0.6) is 0 Å². The van der Waals surface area contributed by atoms with Gasteiger partial charge >= 0.3 is 5.97 Å². The maximum atomic E-state index is 12.3. The van der Waals surface area contributed by atoms with Crippen LogP contribution >= 0.6 is 0 Å². The van der Waals surface area contributed by atoms with Crippen LogP contribution in [-0.4, -0.2) is 32.5 Å². The number of rotatable bonds is 6. The highest BCUT2D eigenvalue weighted by Crippen LogP contribution is 2.34. The van der Waals surface area contributed by atoms with Gasteiger partial charge < -0.3 is 9.47 Å². The van der Waals surface area contributed by atoms with Gasteiger partial charge in [0.25, 0.3) is 0 Å². The zero-order valence-electron chi connectivity index (χ0n) is 13.3. The quantitative estimate of drug-likeness (QED) is 0.587. The molecule has 1 aliphatic rings. The number of ether oxygens (including phenoxy) is 2. The highest BCUT2D eigenvalue weighted by Gasteiger charge is 2.46. The van der Waals surface area contributed by atoms with Crippen LogP contribution in [0, 0.1) is 0 Å². The van der Waals surface area contributed by atoms with E-state index in [9.17, 15) is 4.79 Å². The number of carbonyl (C=O) groups excluding carboxylic acids is 1. The summed E-state index contributed by atoms with van der Waals surface area (Å²) >= 11 is 0. The molecule has 1 heterocycles. The van der Waals surface area contributed by atoms with Gasteiger partial charge in [0.2, 0.25) is 0 Å². The van der Waals surface area contributed by atoms with Crippen molar-refractivity contribution in [3.63, 3.8) is 0 Å². The Kier molecular flexibility index (Phi) is 5.59. The molecule has 2 atom stereocenters. The minimum absolute atomic E-state index is 0.0655. The molecule has 0 radical (unpaired) electrons. The van der Waals surface area contributed by atoms with Gasteiger partial charge in [-0.05, 0) is 12.1 Å². The molecule has 1 fully saturated rings. The number of esters is 1.